The first-order valence-electron chi connectivity index (χ1n) is 6.83. The van der Waals surface area contributed by atoms with Gasteiger partial charge in [0.2, 0.25) is 0 Å². The van der Waals surface area contributed by atoms with Gasteiger partial charge in [0.15, 0.2) is 0 Å². The molecule has 0 bridgehead atoms. The van der Waals surface area contributed by atoms with Crippen molar-refractivity contribution < 1.29 is 4.74 Å². The number of aryl methyl sites for hydroxylation is 2. The van der Waals surface area contributed by atoms with Gasteiger partial charge in [0.05, 0.1) is 5.02 Å². The fourth-order valence-corrected chi connectivity index (χ4v) is 2.91. The van der Waals surface area contributed by atoms with Crippen molar-refractivity contribution >= 4 is 23.2 Å². The van der Waals surface area contributed by atoms with Crippen molar-refractivity contribution in [1.29, 1.82) is 0 Å². The smallest absolute Gasteiger partial charge is 0.142 e. The van der Waals surface area contributed by atoms with Crippen LogP contribution in [0.25, 0.3) is 0 Å². The van der Waals surface area contributed by atoms with E-state index in [0.29, 0.717) is 28.9 Å². The van der Waals surface area contributed by atoms with E-state index in [9.17, 15) is 0 Å². The Bertz CT molecular complexity index is 621. The van der Waals surface area contributed by atoms with Gasteiger partial charge in [-0.15, -0.1) is 0 Å². The first kappa shape index (κ1) is 16.2. The Morgan fingerprint density at radius 3 is 2.38 bits per heavy atom. The quantitative estimate of drug-likeness (QED) is 0.844. The van der Waals surface area contributed by atoms with Gasteiger partial charge in [-0.2, -0.15) is 0 Å². The Morgan fingerprint density at radius 2 is 1.76 bits per heavy atom. The van der Waals surface area contributed by atoms with Gasteiger partial charge in [-0.05, 0) is 49.7 Å². The third-order valence-corrected chi connectivity index (χ3v) is 3.96. The Kier molecular flexibility index (Phi) is 5.51. The molecule has 2 aromatic carbocycles. The average Bonchev–Trinajstić information content (AvgIpc) is 2.40. The topological polar surface area (TPSA) is 21.3 Å². The normalized spacial score (nSPS) is 10.7. The second-order valence-electron chi connectivity index (χ2n) is 5.07. The van der Waals surface area contributed by atoms with Gasteiger partial charge in [-0.3, -0.25) is 0 Å². The second-order valence-corrected chi connectivity index (χ2v) is 5.91. The summed E-state index contributed by atoms with van der Waals surface area (Å²) in [5, 5.41) is 4.26. The summed E-state index contributed by atoms with van der Waals surface area (Å²) in [7, 11) is 1.88. The molecule has 0 saturated heterocycles. The fraction of sp³-hybridized carbons (Fsp3) is 0.294. The summed E-state index contributed by atoms with van der Waals surface area (Å²) >= 11 is 12.3. The van der Waals surface area contributed by atoms with Crippen molar-refractivity contribution in [1.82, 2.24) is 5.32 Å². The van der Waals surface area contributed by atoms with Crippen LogP contribution in [0.5, 0.6) is 5.75 Å². The Labute approximate surface area is 136 Å². The predicted molar refractivity (Wildman–Crippen MR) is 89.5 cm³/mol. The van der Waals surface area contributed by atoms with E-state index >= 15 is 0 Å². The van der Waals surface area contributed by atoms with E-state index in [-0.39, 0.29) is 0 Å². The molecule has 0 saturated carbocycles. The minimum Gasteiger partial charge on any atom is -0.487 e. The third kappa shape index (κ3) is 3.91. The molecule has 21 heavy (non-hydrogen) atoms. The van der Waals surface area contributed by atoms with Crippen molar-refractivity contribution in [2.45, 2.75) is 27.0 Å². The number of halogens is 2. The monoisotopic (exact) mass is 323 g/mol. The lowest BCUT2D eigenvalue weighted by atomic mass is 10.0. The first-order valence-corrected chi connectivity index (χ1v) is 7.59. The lowest BCUT2D eigenvalue weighted by Gasteiger charge is -2.16. The van der Waals surface area contributed by atoms with Crippen molar-refractivity contribution in [3.05, 3.63) is 62.6 Å². The molecule has 0 aromatic heterocycles. The first-order chi connectivity index (χ1) is 10.0. The van der Waals surface area contributed by atoms with Crippen LogP contribution in [0.3, 0.4) is 0 Å². The molecule has 0 atom stereocenters. The molecule has 2 aromatic rings. The SMILES string of the molecule is CNCc1cc(Cl)cc(Cl)c1OCc1c(C)cccc1C. The molecule has 2 nitrogen and oxygen atoms in total. The highest BCUT2D eigenvalue weighted by Gasteiger charge is 2.12. The third-order valence-electron chi connectivity index (χ3n) is 3.46. The zero-order chi connectivity index (χ0) is 15.4. The molecule has 0 aliphatic carbocycles. The maximum absolute atomic E-state index is 6.28. The van der Waals surface area contributed by atoms with E-state index in [2.05, 4.69) is 37.4 Å². The summed E-state index contributed by atoms with van der Waals surface area (Å²) in [6, 6.07) is 9.81. The van der Waals surface area contributed by atoms with E-state index < -0.39 is 0 Å². The van der Waals surface area contributed by atoms with Crippen LogP contribution in [0.2, 0.25) is 10.0 Å². The molecule has 4 heteroatoms. The summed E-state index contributed by atoms with van der Waals surface area (Å²) in [6.45, 7) is 5.33. The van der Waals surface area contributed by atoms with Crippen LogP contribution in [0.15, 0.2) is 30.3 Å². The van der Waals surface area contributed by atoms with E-state index in [1.807, 2.05) is 13.1 Å². The van der Waals surface area contributed by atoms with E-state index in [1.54, 1.807) is 6.07 Å². The lowest BCUT2D eigenvalue weighted by Crippen LogP contribution is -2.09. The standard InChI is InChI=1S/C17H19Cl2NO/c1-11-5-4-6-12(2)15(11)10-21-17-13(9-20-3)7-14(18)8-16(17)19/h4-8,20H,9-10H2,1-3H3. The predicted octanol–water partition coefficient (Wildman–Crippen LogP) is 4.91. The molecule has 0 radical (unpaired) electrons. The summed E-state index contributed by atoms with van der Waals surface area (Å²) < 4.78 is 5.99. The van der Waals surface area contributed by atoms with Crippen molar-refractivity contribution in [2.24, 2.45) is 0 Å². The number of ether oxygens (including phenoxy) is 1. The molecule has 0 aliphatic heterocycles. The fourth-order valence-electron chi connectivity index (χ4n) is 2.32. The minimum atomic E-state index is 0.497. The zero-order valence-corrected chi connectivity index (χ0v) is 14.0. The Morgan fingerprint density at radius 1 is 1.10 bits per heavy atom. The van der Waals surface area contributed by atoms with Crippen molar-refractivity contribution in [2.75, 3.05) is 7.05 Å². The van der Waals surface area contributed by atoms with Crippen LogP contribution in [-0.2, 0) is 13.2 Å². The van der Waals surface area contributed by atoms with Crippen LogP contribution in [-0.4, -0.2) is 7.05 Å². The van der Waals surface area contributed by atoms with Gasteiger partial charge in [-0.25, -0.2) is 0 Å². The van der Waals surface area contributed by atoms with Crippen molar-refractivity contribution in [3.63, 3.8) is 0 Å². The molecule has 0 aliphatic rings. The molecule has 1 N–H and O–H groups in total. The van der Waals surface area contributed by atoms with E-state index in [0.717, 1.165) is 5.56 Å². The van der Waals surface area contributed by atoms with Gasteiger partial charge in [0.1, 0.15) is 12.4 Å². The molecule has 2 rings (SSSR count). The summed E-state index contributed by atoms with van der Waals surface area (Å²) in [6.07, 6.45) is 0. The van der Waals surface area contributed by atoms with Crippen LogP contribution >= 0.6 is 23.2 Å². The number of rotatable bonds is 5. The number of hydrogen-bond donors (Lipinski definition) is 1. The maximum Gasteiger partial charge on any atom is 0.142 e. The lowest BCUT2D eigenvalue weighted by molar-refractivity contribution is 0.301. The summed E-state index contributed by atoms with van der Waals surface area (Å²) in [4.78, 5) is 0. The van der Waals surface area contributed by atoms with Crippen molar-refractivity contribution in [3.8, 4) is 5.75 Å². The Hall–Kier alpha value is -1.22. The average molecular weight is 324 g/mol. The van der Waals surface area contributed by atoms with Gasteiger partial charge < -0.3 is 10.1 Å². The highest BCUT2D eigenvalue weighted by Crippen LogP contribution is 2.33. The number of hydrogen-bond acceptors (Lipinski definition) is 2. The van der Waals surface area contributed by atoms with E-state index in [4.69, 9.17) is 27.9 Å². The highest BCUT2D eigenvalue weighted by molar-refractivity contribution is 6.35. The van der Waals surface area contributed by atoms with Crippen LogP contribution in [0.4, 0.5) is 0 Å². The van der Waals surface area contributed by atoms with Crippen LogP contribution in [0.1, 0.15) is 22.3 Å². The molecule has 0 spiro atoms. The largest absolute Gasteiger partial charge is 0.487 e. The van der Waals surface area contributed by atoms with Crippen LogP contribution < -0.4 is 10.1 Å². The second kappa shape index (κ2) is 7.17. The molecule has 0 heterocycles. The molecular weight excluding hydrogens is 305 g/mol. The van der Waals surface area contributed by atoms with Gasteiger partial charge >= 0.3 is 0 Å². The molecular formula is C17H19Cl2NO. The van der Waals surface area contributed by atoms with E-state index in [1.165, 1.54) is 16.7 Å². The van der Waals surface area contributed by atoms with Gasteiger partial charge in [-0.1, -0.05) is 41.4 Å². The number of nitrogens with one attached hydrogen (secondary N) is 1. The maximum atomic E-state index is 6.28. The van der Waals surface area contributed by atoms with Gasteiger partial charge in [0, 0.05) is 17.1 Å². The molecule has 0 amide bonds. The molecule has 112 valence electrons. The Balaban J connectivity index is 2.27. The van der Waals surface area contributed by atoms with Crippen LogP contribution in [0, 0.1) is 13.8 Å². The summed E-state index contributed by atoms with van der Waals surface area (Å²) in [5.41, 5.74) is 4.59. The zero-order valence-electron chi connectivity index (χ0n) is 12.5. The minimum absolute atomic E-state index is 0.497. The van der Waals surface area contributed by atoms with Gasteiger partial charge in [0.25, 0.3) is 0 Å². The highest BCUT2D eigenvalue weighted by atomic mass is 35.5. The number of benzene rings is 2. The summed E-state index contributed by atoms with van der Waals surface area (Å²) in [5.74, 6) is 0.693. The molecule has 0 unspecified atom stereocenters. The molecule has 0 fully saturated rings.